The topological polar surface area (TPSA) is 48.6 Å². The number of aryl methyl sites for hydroxylation is 1. The number of H-pyrrole nitrogens is 2. The molecule has 0 bridgehead atoms. The molecule has 0 aliphatic carbocycles. The molecule has 1 aromatic carbocycles. The maximum atomic E-state index is 13.5. The van der Waals surface area contributed by atoms with E-state index in [1.807, 2.05) is 0 Å². The molecule has 0 saturated heterocycles. The second kappa shape index (κ2) is 4.14. The minimum absolute atomic E-state index is 0.191. The van der Waals surface area contributed by atoms with E-state index in [9.17, 15) is 9.18 Å². The molecule has 0 aliphatic rings. The van der Waals surface area contributed by atoms with Gasteiger partial charge in [-0.05, 0) is 19.1 Å². The monoisotopic (exact) mass is 240 g/mol. The van der Waals surface area contributed by atoms with Crippen molar-refractivity contribution in [3.63, 3.8) is 0 Å². The van der Waals surface area contributed by atoms with Crippen LogP contribution in [0.25, 0.3) is 0 Å². The van der Waals surface area contributed by atoms with Crippen LogP contribution in [0.5, 0.6) is 0 Å². The summed E-state index contributed by atoms with van der Waals surface area (Å²) in [7, 11) is 0. The molecule has 0 aliphatic heterocycles. The van der Waals surface area contributed by atoms with Gasteiger partial charge in [-0.25, -0.2) is 4.39 Å². The van der Waals surface area contributed by atoms with Crippen LogP contribution in [0.2, 0.25) is 5.02 Å². The maximum absolute atomic E-state index is 13.5. The van der Waals surface area contributed by atoms with Gasteiger partial charge in [0.2, 0.25) is 0 Å². The molecular formula is C11H10ClFN2O. The van der Waals surface area contributed by atoms with Crippen molar-refractivity contribution in [3.05, 3.63) is 56.2 Å². The van der Waals surface area contributed by atoms with E-state index in [1.54, 1.807) is 13.0 Å². The lowest BCUT2D eigenvalue weighted by Gasteiger charge is -2.04. The summed E-state index contributed by atoms with van der Waals surface area (Å²) in [6.45, 7) is 1.75. The second-order valence-electron chi connectivity index (χ2n) is 3.56. The number of aromatic nitrogens is 2. The number of hydrogen-bond donors (Lipinski definition) is 2. The van der Waals surface area contributed by atoms with Crippen LogP contribution in [-0.2, 0) is 6.42 Å². The van der Waals surface area contributed by atoms with Gasteiger partial charge in [-0.1, -0.05) is 17.7 Å². The second-order valence-corrected chi connectivity index (χ2v) is 3.97. The van der Waals surface area contributed by atoms with E-state index >= 15 is 0 Å². The Labute approximate surface area is 96.2 Å². The van der Waals surface area contributed by atoms with E-state index in [2.05, 4.69) is 10.2 Å². The van der Waals surface area contributed by atoms with Gasteiger partial charge in [0.1, 0.15) is 5.82 Å². The van der Waals surface area contributed by atoms with E-state index < -0.39 is 5.82 Å². The smallest absolute Gasteiger partial charge is 0.267 e. The van der Waals surface area contributed by atoms with Crippen molar-refractivity contribution in [2.45, 2.75) is 13.3 Å². The molecule has 0 amide bonds. The van der Waals surface area contributed by atoms with Crippen molar-refractivity contribution >= 4 is 11.6 Å². The molecule has 2 aromatic rings. The van der Waals surface area contributed by atoms with E-state index in [4.69, 9.17) is 11.6 Å². The van der Waals surface area contributed by atoms with Crippen LogP contribution in [0.15, 0.2) is 23.0 Å². The van der Waals surface area contributed by atoms with E-state index in [-0.39, 0.29) is 12.0 Å². The van der Waals surface area contributed by atoms with Crippen LogP contribution < -0.4 is 5.56 Å². The molecule has 0 spiro atoms. The number of aromatic amines is 2. The van der Waals surface area contributed by atoms with Crippen LogP contribution in [0, 0.1) is 12.7 Å². The van der Waals surface area contributed by atoms with Gasteiger partial charge in [0.05, 0.1) is 0 Å². The number of hydrogen-bond acceptors (Lipinski definition) is 1. The highest BCUT2D eigenvalue weighted by Gasteiger charge is 2.12. The highest BCUT2D eigenvalue weighted by molar-refractivity contribution is 6.31. The third-order valence-corrected chi connectivity index (χ3v) is 2.86. The van der Waals surface area contributed by atoms with Crippen LogP contribution in [0.1, 0.15) is 16.8 Å². The highest BCUT2D eigenvalue weighted by Crippen LogP contribution is 2.21. The summed E-state index contributed by atoms with van der Waals surface area (Å²) in [6.07, 6.45) is 0.191. The molecule has 16 heavy (non-hydrogen) atoms. The minimum Gasteiger partial charge on any atom is -0.302 e. The summed E-state index contributed by atoms with van der Waals surface area (Å²) in [5, 5.41) is 5.48. The quantitative estimate of drug-likeness (QED) is 0.832. The Morgan fingerprint density at radius 2 is 2.06 bits per heavy atom. The standard InChI is InChI=1S/C11H10ClFN2O/c1-6-7(11(16)15-14-6)5-8-9(12)3-2-4-10(8)13/h2-4H,5H2,1H3,(H2,14,15,16). The fourth-order valence-corrected chi connectivity index (χ4v) is 1.79. The molecule has 0 radical (unpaired) electrons. The summed E-state index contributed by atoms with van der Waals surface area (Å²) in [4.78, 5) is 11.4. The van der Waals surface area contributed by atoms with Crippen LogP contribution in [-0.4, -0.2) is 10.2 Å². The van der Waals surface area contributed by atoms with Crippen molar-refractivity contribution in [2.75, 3.05) is 0 Å². The van der Waals surface area contributed by atoms with Gasteiger partial charge in [-0.3, -0.25) is 9.89 Å². The zero-order valence-electron chi connectivity index (χ0n) is 8.60. The molecule has 3 nitrogen and oxygen atoms in total. The first-order chi connectivity index (χ1) is 7.59. The van der Waals surface area contributed by atoms with Gasteiger partial charge in [0.25, 0.3) is 5.56 Å². The van der Waals surface area contributed by atoms with Crippen molar-refractivity contribution in [1.29, 1.82) is 0 Å². The molecule has 0 fully saturated rings. The van der Waals surface area contributed by atoms with E-state index in [0.29, 0.717) is 21.8 Å². The maximum Gasteiger partial charge on any atom is 0.267 e. The Bertz CT molecular complexity index is 553. The molecule has 1 heterocycles. The largest absolute Gasteiger partial charge is 0.302 e. The van der Waals surface area contributed by atoms with Gasteiger partial charge < -0.3 is 5.10 Å². The lowest BCUT2D eigenvalue weighted by molar-refractivity contribution is 0.614. The number of benzene rings is 1. The third-order valence-electron chi connectivity index (χ3n) is 2.51. The lowest BCUT2D eigenvalue weighted by Crippen LogP contribution is -2.08. The summed E-state index contributed by atoms with van der Waals surface area (Å²) in [5.41, 5.74) is 1.31. The predicted octanol–water partition coefficient (Wildman–Crippen LogP) is 2.39. The molecule has 5 heteroatoms. The first-order valence-electron chi connectivity index (χ1n) is 4.78. The SMILES string of the molecule is Cc1[nH][nH]c(=O)c1Cc1c(F)cccc1Cl. The number of rotatable bonds is 2. The Morgan fingerprint density at radius 3 is 2.62 bits per heavy atom. The van der Waals surface area contributed by atoms with Gasteiger partial charge in [-0.2, -0.15) is 0 Å². The highest BCUT2D eigenvalue weighted by atomic mass is 35.5. The molecule has 2 rings (SSSR count). The molecule has 0 unspecified atom stereocenters. The number of nitrogens with one attached hydrogen (secondary N) is 2. The fourth-order valence-electron chi connectivity index (χ4n) is 1.56. The molecular weight excluding hydrogens is 231 g/mol. The minimum atomic E-state index is -0.396. The van der Waals surface area contributed by atoms with Gasteiger partial charge in [0.15, 0.2) is 0 Å². The van der Waals surface area contributed by atoms with Crippen molar-refractivity contribution in [3.8, 4) is 0 Å². The Balaban J connectivity index is 2.45. The Morgan fingerprint density at radius 1 is 1.31 bits per heavy atom. The molecule has 0 saturated carbocycles. The van der Waals surface area contributed by atoms with Gasteiger partial charge in [0, 0.05) is 28.3 Å². The van der Waals surface area contributed by atoms with Gasteiger partial charge in [-0.15, -0.1) is 0 Å². The fraction of sp³-hybridized carbons (Fsp3) is 0.182. The molecule has 84 valence electrons. The summed E-state index contributed by atoms with van der Waals surface area (Å²) in [5.74, 6) is -0.396. The summed E-state index contributed by atoms with van der Waals surface area (Å²) < 4.78 is 13.5. The van der Waals surface area contributed by atoms with Crippen LogP contribution in [0.4, 0.5) is 4.39 Å². The Hall–Kier alpha value is -1.55. The molecule has 2 N–H and O–H groups in total. The third kappa shape index (κ3) is 1.88. The van der Waals surface area contributed by atoms with Crippen LogP contribution in [0.3, 0.4) is 0 Å². The zero-order valence-corrected chi connectivity index (χ0v) is 9.36. The summed E-state index contributed by atoms with van der Waals surface area (Å²) >= 11 is 5.89. The van der Waals surface area contributed by atoms with Crippen molar-refractivity contribution < 1.29 is 4.39 Å². The van der Waals surface area contributed by atoms with Crippen LogP contribution >= 0.6 is 11.6 Å². The van der Waals surface area contributed by atoms with E-state index in [0.717, 1.165) is 0 Å². The average Bonchev–Trinajstić information content (AvgIpc) is 2.54. The van der Waals surface area contributed by atoms with Crippen molar-refractivity contribution in [1.82, 2.24) is 10.2 Å². The number of halogens is 2. The molecule has 0 atom stereocenters. The summed E-state index contributed by atoms with van der Waals surface area (Å²) in [6, 6.07) is 4.48. The van der Waals surface area contributed by atoms with E-state index in [1.165, 1.54) is 12.1 Å². The Kier molecular flexibility index (Phi) is 2.83. The molecule has 1 aromatic heterocycles. The first kappa shape index (κ1) is 11.0. The van der Waals surface area contributed by atoms with Gasteiger partial charge >= 0.3 is 0 Å². The predicted molar refractivity (Wildman–Crippen MR) is 60.4 cm³/mol. The lowest BCUT2D eigenvalue weighted by atomic mass is 10.1. The first-order valence-corrected chi connectivity index (χ1v) is 5.16. The van der Waals surface area contributed by atoms with Crippen molar-refractivity contribution in [2.24, 2.45) is 0 Å². The zero-order chi connectivity index (χ0) is 11.7. The average molecular weight is 241 g/mol. The normalized spacial score (nSPS) is 10.7.